The minimum Gasteiger partial charge on any atom is -0.449 e. The van der Waals surface area contributed by atoms with Crippen molar-refractivity contribution in [2.45, 2.75) is 0 Å². The van der Waals surface area contributed by atoms with E-state index >= 15 is 0 Å². The van der Waals surface area contributed by atoms with Gasteiger partial charge in [-0.05, 0) is 48.5 Å². The molecule has 2 aromatic carbocycles. The number of rotatable bonds is 4. The lowest BCUT2D eigenvalue weighted by Gasteiger charge is -2.10. The molecule has 120 valence electrons. The summed E-state index contributed by atoms with van der Waals surface area (Å²) in [5.74, 6) is 0.381. The molecule has 0 bridgehead atoms. The SMILES string of the molecule is N=Nc1cnn(-c2ccc(Cl)cc2)c(=O)c1Oc1ccc(Br)cc1. The van der Waals surface area contributed by atoms with E-state index in [0.29, 0.717) is 16.5 Å². The van der Waals surface area contributed by atoms with Crippen molar-refractivity contribution in [1.29, 1.82) is 5.53 Å². The van der Waals surface area contributed by atoms with Crippen LogP contribution >= 0.6 is 27.5 Å². The third kappa shape index (κ3) is 3.37. The van der Waals surface area contributed by atoms with Gasteiger partial charge in [-0.1, -0.05) is 27.5 Å². The Morgan fingerprint density at radius 2 is 1.79 bits per heavy atom. The average molecular weight is 406 g/mol. The van der Waals surface area contributed by atoms with Gasteiger partial charge in [0, 0.05) is 9.50 Å². The second-order valence-electron chi connectivity index (χ2n) is 4.72. The van der Waals surface area contributed by atoms with Crippen LogP contribution in [0.1, 0.15) is 0 Å². The van der Waals surface area contributed by atoms with Gasteiger partial charge < -0.3 is 4.74 Å². The van der Waals surface area contributed by atoms with Crippen LogP contribution in [0.25, 0.3) is 5.69 Å². The molecule has 0 fully saturated rings. The Bertz CT molecular complexity index is 940. The highest BCUT2D eigenvalue weighted by atomic mass is 79.9. The molecule has 3 rings (SSSR count). The lowest BCUT2D eigenvalue weighted by atomic mass is 10.3. The van der Waals surface area contributed by atoms with E-state index in [2.05, 4.69) is 26.1 Å². The zero-order chi connectivity index (χ0) is 17.1. The fraction of sp³-hybridized carbons (Fsp3) is 0. The molecule has 0 saturated carbocycles. The largest absolute Gasteiger partial charge is 0.449 e. The molecule has 0 atom stereocenters. The van der Waals surface area contributed by atoms with Crippen LogP contribution in [0.15, 0.2) is 69.1 Å². The van der Waals surface area contributed by atoms with Crippen molar-refractivity contribution in [2.75, 3.05) is 0 Å². The van der Waals surface area contributed by atoms with Crippen LogP contribution in [0.5, 0.6) is 11.5 Å². The lowest BCUT2D eigenvalue weighted by Crippen LogP contribution is -2.21. The second kappa shape index (κ2) is 6.94. The van der Waals surface area contributed by atoms with E-state index < -0.39 is 5.56 Å². The number of nitrogens with one attached hydrogen (secondary N) is 1. The van der Waals surface area contributed by atoms with Crippen molar-refractivity contribution in [2.24, 2.45) is 5.11 Å². The predicted octanol–water partition coefficient (Wildman–Crippen LogP) is 5.10. The van der Waals surface area contributed by atoms with Gasteiger partial charge in [0.05, 0.1) is 11.9 Å². The summed E-state index contributed by atoms with van der Waals surface area (Å²) in [7, 11) is 0. The second-order valence-corrected chi connectivity index (χ2v) is 6.07. The lowest BCUT2D eigenvalue weighted by molar-refractivity contribution is 0.468. The van der Waals surface area contributed by atoms with Gasteiger partial charge in [-0.15, -0.1) is 0 Å². The molecule has 0 spiro atoms. The zero-order valence-electron chi connectivity index (χ0n) is 12.1. The Labute approximate surface area is 150 Å². The van der Waals surface area contributed by atoms with E-state index in [0.717, 1.165) is 4.47 Å². The fourth-order valence-corrected chi connectivity index (χ4v) is 2.38. The summed E-state index contributed by atoms with van der Waals surface area (Å²) >= 11 is 9.19. The highest BCUT2D eigenvalue weighted by Gasteiger charge is 2.15. The Morgan fingerprint density at radius 3 is 2.42 bits per heavy atom. The van der Waals surface area contributed by atoms with Crippen molar-refractivity contribution in [3.8, 4) is 17.2 Å². The third-order valence-corrected chi connectivity index (χ3v) is 3.92. The number of halogens is 2. The first-order valence-corrected chi connectivity index (χ1v) is 7.95. The van der Waals surface area contributed by atoms with Crippen LogP contribution in [0.3, 0.4) is 0 Å². The molecule has 0 radical (unpaired) electrons. The van der Waals surface area contributed by atoms with Gasteiger partial charge in [-0.25, -0.2) is 5.53 Å². The Kier molecular flexibility index (Phi) is 4.73. The quantitative estimate of drug-likeness (QED) is 0.613. The van der Waals surface area contributed by atoms with Gasteiger partial charge in [0.15, 0.2) is 5.69 Å². The first-order valence-electron chi connectivity index (χ1n) is 6.77. The summed E-state index contributed by atoms with van der Waals surface area (Å²) in [4.78, 5) is 12.7. The number of nitrogens with zero attached hydrogens (tertiary/aromatic N) is 3. The third-order valence-electron chi connectivity index (χ3n) is 3.14. The zero-order valence-corrected chi connectivity index (χ0v) is 14.5. The molecule has 8 heteroatoms. The van der Waals surface area contributed by atoms with Crippen molar-refractivity contribution in [3.63, 3.8) is 0 Å². The smallest absolute Gasteiger partial charge is 0.316 e. The van der Waals surface area contributed by atoms with E-state index in [1.54, 1.807) is 48.5 Å². The highest BCUT2D eigenvalue weighted by Crippen LogP contribution is 2.28. The molecular weight excluding hydrogens is 396 g/mol. The van der Waals surface area contributed by atoms with E-state index in [-0.39, 0.29) is 11.4 Å². The summed E-state index contributed by atoms with van der Waals surface area (Å²) in [6.45, 7) is 0. The average Bonchev–Trinajstić information content (AvgIpc) is 2.59. The molecule has 1 N–H and O–H groups in total. The van der Waals surface area contributed by atoms with Gasteiger partial charge in [-0.3, -0.25) is 4.79 Å². The Morgan fingerprint density at radius 1 is 1.12 bits per heavy atom. The summed E-state index contributed by atoms with van der Waals surface area (Å²) in [5, 5.41) is 7.89. The van der Waals surface area contributed by atoms with Crippen molar-refractivity contribution >= 4 is 33.2 Å². The summed E-state index contributed by atoms with van der Waals surface area (Å²) in [6, 6.07) is 13.6. The van der Waals surface area contributed by atoms with Gasteiger partial charge in [0.25, 0.3) is 0 Å². The molecular formula is C16H10BrClN4O2. The molecule has 3 aromatic rings. The van der Waals surface area contributed by atoms with Crippen molar-refractivity contribution < 1.29 is 4.74 Å². The molecule has 0 aliphatic heterocycles. The van der Waals surface area contributed by atoms with Crippen molar-refractivity contribution in [1.82, 2.24) is 9.78 Å². The topological polar surface area (TPSA) is 80.3 Å². The van der Waals surface area contributed by atoms with E-state index in [9.17, 15) is 4.79 Å². The number of hydrogen-bond donors (Lipinski definition) is 1. The molecule has 0 unspecified atom stereocenters. The minimum atomic E-state index is -0.520. The normalized spacial score (nSPS) is 10.4. The van der Waals surface area contributed by atoms with Crippen LogP contribution in [-0.4, -0.2) is 9.78 Å². The number of ether oxygens (including phenoxy) is 1. The molecule has 0 saturated heterocycles. The number of hydrogen-bond acceptors (Lipinski definition) is 5. The number of benzene rings is 2. The van der Waals surface area contributed by atoms with Gasteiger partial charge in [-0.2, -0.15) is 14.9 Å². The van der Waals surface area contributed by atoms with Gasteiger partial charge in [0.1, 0.15) is 5.75 Å². The molecule has 1 heterocycles. The van der Waals surface area contributed by atoms with Crippen LogP contribution < -0.4 is 10.3 Å². The minimum absolute atomic E-state index is 0.0492. The first-order chi connectivity index (χ1) is 11.6. The Balaban J connectivity index is 2.08. The molecule has 0 aliphatic carbocycles. The van der Waals surface area contributed by atoms with Crippen molar-refractivity contribution in [3.05, 3.63) is 74.6 Å². The maximum atomic E-state index is 12.7. The summed E-state index contributed by atoms with van der Waals surface area (Å²) in [6.07, 6.45) is 1.30. The fourth-order valence-electron chi connectivity index (χ4n) is 1.99. The molecule has 0 aliphatic rings. The molecule has 1 aromatic heterocycles. The van der Waals surface area contributed by atoms with E-state index in [1.165, 1.54) is 10.9 Å². The van der Waals surface area contributed by atoms with Crippen LogP contribution in [0.2, 0.25) is 5.02 Å². The summed E-state index contributed by atoms with van der Waals surface area (Å²) < 4.78 is 7.69. The molecule has 24 heavy (non-hydrogen) atoms. The predicted molar refractivity (Wildman–Crippen MR) is 93.9 cm³/mol. The number of aromatic nitrogens is 2. The van der Waals surface area contributed by atoms with Gasteiger partial charge in [0.2, 0.25) is 5.75 Å². The van der Waals surface area contributed by atoms with E-state index in [1.807, 2.05) is 0 Å². The maximum Gasteiger partial charge on any atom is 0.316 e. The van der Waals surface area contributed by atoms with E-state index in [4.69, 9.17) is 21.9 Å². The van der Waals surface area contributed by atoms with Crippen LogP contribution in [-0.2, 0) is 0 Å². The monoisotopic (exact) mass is 404 g/mol. The first kappa shape index (κ1) is 16.4. The molecule has 0 amide bonds. The van der Waals surface area contributed by atoms with Gasteiger partial charge >= 0.3 is 5.56 Å². The maximum absolute atomic E-state index is 12.7. The van der Waals surface area contributed by atoms with Crippen LogP contribution in [0, 0.1) is 5.53 Å². The molecule has 6 nitrogen and oxygen atoms in total. The highest BCUT2D eigenvalue weighted by molar-refractivity contribution is 9.10. The van der Waals surface area contributed by atoms with Crippen LogP contribution in [0.4, 0.5) is 5.69 Å². The summed E-state index contributed by atoms with van der Waals surface area (Å²) in [5.41, 5.74) is 7.28. The Hall–Kier alpha value is -2.51. The standard InChI is InChI=1S/C16H10BrClN4O2/c17-10-1-7-13(8-2-10)24-15-14(21-19)9-20-22(16(15)23)12-5-3-11(18)4-6-12/h1-9,19H.